The lowest BCUT2D eigenvalue weighted by Gasteiger charge is -2.12. The number of hydrogen-bond donors (Lipinski definition) is 2. The number of hydrazone groups is 1. The smallest absolute Gasteiger partial charge is 0.187 e. The molecule has 1 aromatic rings. The third-order valence-electron chi connectivity index (χ3n) is 2.95. The SMILES string of the molecule is Cc1cc(/C=N/NC(=S)NC(C)C)c(C)n1CC(C)C. The van der Waals surface area contributed by atoms with E-state index in [4.69, 9.17) is 12.2 Å². The maximum atomic E-state index is 5.13. The zero-order valence-corrected chi connectivity index (χ0v) is 14.1. The van der Waals surface area contributed by atoms with E-state index in [0.717, 1.165) is 12.1 Å². The Morgan fingerprint density at radius 2 is 2.00 bits per heavy atom. The molecule has 0 spiro atoms. The minimum atomic E-state index is 0.307. The molecular formula is C15H26N4S. The Hall–Kier alpha value is -1.36. The molecule has 0 bridgehead atoms. The van der Waals surface area contributed by atoms with E-state index in [-0.39, 0.29) is 0 Å². The molecule has 0 saturated carbocycles. The molecule has 1 heterocycles. The van der Waals surface area contributed by atoms with E-state index in [1.165, 1.54) is 11.4 Å². The van der Waals surface area contributed by atoms with E-state index < -0.39 is 0 Å². The van der Waals surface area contributed by atoms with Crippen LogP contribution in [0.15, 0.2) is 11.2 Å². The van der Waals surface area contributed by atoms with Crippen molar-refractivity contribution in [3.8, 4) is 0 Å². The number of aromatic nitrogens is 1. The molecule has 1 rings (SSSR count). The van der Waals surface area contributed by atoms with Crippen molar-refractivity contribution in [3.05, 3.63) is 23.0 Å². The molecule has 0 fully saturated rings. The summed E-state index contributed by atoms with van der Waals surface area (Å²) in [6, 6.07) is 2.46. The van der Waals surface area contributed by atoms with E-state index in [1.54, 1.807) is 0 Å². The molecule has 0 aromatic carbocycles. The van der Waals surface area contributed by atoms with Crippen molar-refractivity contribution in [2.75, 3.05) is 0 Å². The zero-order valence-electron chi connectivity index (χ0n) is 13.3. The Bertz CT molecular complexity index is 486. The van der Waals surface area contributed by atoms with E-state index in [0.29, 0.717) is 17.1 Å². The molecule has 0 amide bonds. The zero-order chi connectivity index (χ0) is 15.3. The third kappa shape index (κ3) is 4.96. The Balaban J connectivity index is 2.71. The fourth-order valence-electron chi connectivity index (χ4n) is 2.06. The van der Waals surface area contributed by atoms with Crippen molar-refractivity contribution in [1.82, 2.24) is 15.3 Å². The predicted octanol–water partition coefficient (Wildman–Crippen LogP) is 2.97. The lowest BCUT2D eigenvalue weighted by Crippen LogP contribution is -2.36. The van der Waals surface area contributed by atoms with Crippen molar-refractivity contribution < 1.29 is 0 Å². The fourth-order valence-corrected chi connectivity index (χ4v) is 2.35. The van der Waals surface area contributed by atoms with Crippen LogP contribution in [0.4, 0.5) is 0 Å². The lowest BCUT2D eigenvalue weighted by atomic mass is 10.2. The van der Waals surface area contributed by atoms with Gasteiger partial charge in [-0.05, 0) is 51.9 Å². The number of hydrogen-bond acceptors (Lipinski definition) is 2. The Morgan fingerprint density at radius 3 is 2.55 bits per heavy atom. The van der Waals surface area contributed by atoms with Crippen LogP contribution in [0.3, 0.4) is 0 Å². The summed E-state index contributed by atoms with van der Waals surface area (Å²) >= 11 is 5.13. The summed E-state index contributed by atoms with van der Waals surface area (Å²) in [6.07, 6.45) is 1.83. The van der Waals surface area contributed by atoms with Gasteiger partial charge in [0.1, 0.15) is 0 Å². The highest BCUT2D eigenvalue weighted by Gasteiger charge is 2.08. The quantitative estimate of drug-likeness (QED) is 0.498. The molecule has 0 atom stereocenters. The van der Waals surface area contributed by atoms with Gasteiger partial charge < -0.3 is 9.88 Å². The number of nitrogens with one attached hydrogen (secondary N) is 2. The normalized spacial score (nSPS) is 11.6. The Morgan fingerprint density at radius 1 is 1.35 bits per heavy atom. The van der Waals surface area contributed by atoms with Crippen molar-refractivity contribution in [2.24, 2.45) is 11.0 Å². The summed E-state index contributed by atoms with van der Waals surface area (Å²) in [5, 5.41) is 7.83. The van der Waals surface area contributed by atoms with Crippen LogP contribution < -0.4 is 10.7 Å². The highest BCUT2D eigenvalue weighted by molar-refractivity contribution is 7.80. The van der Waals surface area contributed by atoms with Gasteiger partial charge in [0.15, 0.2) is 5.11 Å². The molecule has 0 radical (unpaired) electrons. The van der Waals surface area contributed by atoms with Gasteiger partial charge in [-0.15, -0.1) is 0 Å². The second-order valence-corrected chi connectivity index (χ2v) is 6.24. The molecule has 20 heavy (non-hydrogen) atoms. The van der Waals surface area contributed by atoms with Gasteiger partial charge >= 0.3 is 0 Å². The molecule has 2 N–H and O–H groups in total. The second-order valence-electron chi connectivity index (χ2n) is 5.83. The van der Waals surface area contributed by atoms with Crippen LogP contribution in [0, 0.1) is 19.8 Å². The first kappa shape index (κ1) is 16.7. The molecule has 112 valence electrons. The standard InChI is InChI=1S/C15H26N4S/c1-10(2)9-19-12(5)7-14(13(19)6)8-16-18-15(20)17-11(3)4/h7-8,10-11H,9H2,1-6H3,(H2,17,18,20)/b16-8+. The van der Waals surface area contributed by atoms with E-state index in [9.17, 15) is 0 Å². The number of nitrogens with zero attached hydrogens (tertiary/aromatic N) is 2. The molecular weight excluding hydrogens is 268 g/mol. The average molecular weight is 294 g/mol. The van der Waals surface area contributed by atoms with E-state index in [1.807, 2.05) is 20.1 Å². The highest BCUT2D eigenvalue weighted by atomic mass is 32.1. The van der Waals surface area contributed by atoms with Gasteiger partial charge in [-0.25, -0.2) is 0 Å². The minimum Gasteiger partial charge on any atom is -0.359 e. The van der Waals surface area contributed by atoms with Gasteiger partial charge in [0, 0.05) is 29.5 Å². The van der Waals surface area contributed by atoms with Gasteiger partial charge in [-0.1, -0.05) is 13.8 Å². The summed E-state index contributed by atoms with van der Waals surface area (Å²) in [7, 11) is 0. The van der Waals surface area contributed by atoms with Crippen molar-refractivity contribution in [1.29, 1.82) is 0 Å². The van der Waals surface area contributed by atoms with Crippen molar-refractivity contribution in [2.45, 2.75) is 54.1 Å². The number of thiocarbonyl (C=S) groups is 1. The second kappa shape index (κ2) is 7.43. The van der Waals surface area contributed by atoms with Crippen molar-refractivity contribution in [3.63, 3.8) is 0 Å². The number of rotatable bonds is 5. The molecule has 4 nitrogen and oxygen atoms in total. The van der Waals surface area contributed by atoms with Crippen LogP contribution in [0.2, 0.25) is 0 Å². The molecule has 0 unspecified atom stereocenters. The van der Waals surface area contributed by atoms with Gasteiger partial charge in [0.2, 0.25) is 0 Å². The lowest BCUT2D eigenvalue weighted by molar-refractivity contribution is 0.509. The first-order chi connectivity index (χ1) is 9.31. The predicted molar refractivity (Wildman–Crippen MR) is 90.3 cm³/mol. The summed E-state index contributed by atoms with van der Waals surface area (Å²) in [5.74, 6) is 0.630. The molecule has 0 aliphatic rings. The van der Waals surface area contributed by atoms with Gasteiger partial charge in [0.25, 0.3) is 0 Å². The molecule has 0 aliphatic heterocycles. The molecule has 0 aliphatic carbocycles. The largest absolute Gasteiger partial charge is 0.359 e. The highest BCUT2D eigenvalue weighted by Crippen LogP contribution is 2.15. The molecule has 5 heteroatoms. The van der Waals surface area contributed by atoms with Crippen LogP contribution in [0.25, 0.3) is 0 Å². The first-order valence-corrected chi connectivity index (χ1v) is 7.48. The third-order valence-corrected chi connectivity index (χ3v) is 3.16. The van der Waals surface area contributed by atoms with E-state index >= 15 is 0 Å². The molecule has 1 aromatic heterocycles. The van der Waals surface area contributed by atoms with Crippen LogP contribution in [0.1, 0.15) is 44.6 Å². The summed E-state index contributed by atoms with van der Waals surface area (Å²) in [5.41, 5.74) is 6.47. The maximum Gasteiger partial charge on any atom is 0.187 e. The van der Waals surface area contributed by atoms with Gasteiger partial charge in [0.05, 0.1) is 6.21 Å². The van der Waals surface area contributed by atoms with E-state index in [2.05, 4.69) is 54.2 Å². The van der Waals surface area contributed by atoms with Crippen molar-refractivity contribution >= 4 is 23.5 Å². The summed E-state index contributed by atoms with van der Waals surface area (Å²) < 4.78 is 2.33. The summed E-state index contributed by atoms with van der Waals surface area (Å²) in [6.45, 7) is 13.8. The van der Waals surface area contributed by atoms with Crippen LogP contribution in [-0.2, 0) is 6.54 Å². The number of aryl methyl sites for hydroxylation is 1. The van der Waals surface area contributed by atoms with Crippen LogP contribution in [-0.4, -0.2) is 21.9 Å². The van der Waals surface area contributed by atoms with Gasteiger partial charge in [-0.3, -0.25) is 5.43 Å². The first-order valence-electron chi connectivity index (χ1n) is 7.07. The topological polar surface area (TPSA) is 41.4 Å². The van der Waals surface area contributed by atoms with Crippen LogP contribution >= 0.6 is 12.2 Å². The summed E-state index contributed by atoms with van der Waals surface area (Å²) in [4.78, 5) is 0. The monoisotopic (exact) mass is 294 g/mol. The van der Waals surface area contributed by atoms with Crippen LogP contribution in [0.5, 0.6) is 0 Å². The van der Waals surface area contributed by atoms with Gasteiger partial charge in [-0.2, -0.15) is 5.10 Å². The maximum absolute atomic E-state index is 5.13. The average Bonchev–Trinajstić information content (AvgIpc) is 2.55. The Labute approximate surface area is 127 Å². The Kier molecular flexibility index (Phi) is 6.20. The minimum absolute atomic E-state index is 0.307. The fraction of sp³-hybridized carbons (Fsp3) is 0.600. The molecule has 0 saturated heterocycles.